The smallest absolute Gasteiger partial charge is 0.337 e. The molecule has 0 spiro atoms. The van der Waals surface area contributed by atoms with Crippen molar-refractivity contribution in [2.24, 2.45) is 0 Å². The molecule has 1 rings (SSSR count). The number of carbonyl (C=O) groups excluding carboxylic acids is 1. The van der Waals surface area contributed by atoms with Crippen molar-refractivity contribution in [3.63, 3.8) is 0 Å². The number of nitrogen functional groups attached to an aromatic ring is 1. The molecule has 0 saturated carbocycles. The SMILES string of the molecule is COC(=O)c1cc(N)cc(C#CCCl)c1. The summed E-state index contributed by atoms with van der Waals surface area (Å²) in [5, 5.41) is 0. The van der Waals surface area contributed by atoms with Gasteiger partial charge in [-0.2, -0.15) is 0 Å². The summed E-state index contributed by atoms with van der Waals surface area (Å²) < 4.78 is 4.58. The standard InChI is InChI=1S/C11H10ClNO2/c1-15-11(14)9-5-8(3-2-4-12)6-10(13)7-9/h5-7H,4,13H2,1H3. The fourth-order valence-corrected chi connectivity index (χ4v) is 1.16. The van der Waals surface area contributed by atoms with Crippen LogP contribution in [0.1, 0.15) is 15.9 Å². The van der Waals surface area contributed by atoms with Gasteiger partial charge in [0.25, 0.3) is 0 Å². The molecule has 0 aliphatic rings. The summed E-state index contributed by atoms with van der Waals surface area (Å²) in [7, 11) is 1.32. The Morgan fingerprint density at radius 2 is 2.27 bits per heavy atom. The van der Waals surface area contributed by atoms with Crippen LogP contribution in [0.2, 0.25) is 0 Å². The summed E-state index contributed by atoms with van der Waals surface area (Å²) in [5.74, 6) is 5.27. The van der Waals surface area contributed by atoms with Crippen LogP contribution in [0.15, 0.2) is 18.2 Å². The topological polar surface area (TPSA) is 52.3 Å². The normalized spacial score (nSPS) is 8.93. The Hall–Kier alpha value is -1.66. The molecule has 0 amide bonds. The number of esters is 1. The molecule has 0 fully saturated rings. The Morgan fingerprint density at radius 1 is 1.53 bits per heavy atom. The lowest BCUT2D eigenvalue weighted by Gasteiger charge is -2.01. The highest BCUT2D eigenvalue weighted by atomic mass is 35.5. The van der Waals surface area contributed by atoms with Crippen molar-refractivity contribution in [1.82, 2.24) is 0 Å². The molecule has 0 heterocycles. The maximum Gasteiger partial charge on any atom is 0.337 e. The summed E-state index contributed by atoms with van der Waals surface area (Å²) in [6.07, 6.45) is 0. The van der Waals surface area contributed by atoms with Gasteiger partial charge in [0.15, 0.2) is 0 Å². The fraction of sp³-hybridized carbons (Fsp3) is 0.182. The summed E-state index contributed by atoms with van der Waals surface area (Å²) in [4.78, 5) is 11.2. The van der Waals surface area contributed by atoms with E-state index in [1.807, 2.05) is 0 Å². The van der Waals surface area contributed by atoms with E-state index in [1.54, 1.807) is 12.1 Å². The largest absolute Gasteiger partial charge is 0.465 e. The Balaban J connectivity index is 3.10. The van der Waals surface area contributed by atoms with Crippen LogP contribution >= 0.6 is 11.6 Å². The second-order valence-electron chi connectivity index (χ2n) is 2.77. The van der Waals surface area contributed by atoms with Crippen LogP contribution in [0.3, 0.4) is 0 Å². The third-order valence-electron chi connectivity index (χ3n) is 1.68. The second-order valence-corrected chi connectivity index (χ2v) is 3.04. The molecule has 0 unspecified atom stereocenters. The van der Waals surface area contributed by atoms with Crippen molar-refractivity contribution in [1.29, 1.82) is 0 Å². The molecule has 2 N–H and O–H groups in total. The van der Waals surface area contributed by atoms with E-state index < -0.39 is 5.97 Å². The third-order valence-corrected chi connectivity index (χ3v) is 1.81. The van der Waals surface area contributed by atoms with E-state index in [0.717, 1.165) is 0 Å². The summed E-state index contributed by atoms with van der Waals surface area (Å²) >= 11 is 5.42. The van der Waals surface area contributed by atoms with Gasteiger partial charge in [0.05, 0.1) is 18.6 Å². The van der Waals surface area contributed by atoms with Crippen LogP contribution < -0.4 is 5.73 Å². The zero-order valence-electron chi connectivity index (χ0n) is 8.21. The first-order valence-corrected chi connectivity index (χ1v) is 4.74. The number of benzene rings is 1. The molecule has 0 saturated heterocycles. The van der Waals surface area contributed by atoms with E-state index in [-0.39, 0.29) is 5.88 Å². The first kappa shape index (κ1) is 11.4. The molecule has 0 aliphatic heterocycles. The van der Waals surface area contributed by atoms with Gasteiger partial charge in [0, 0.05) is 11.3 Å². The van der Waals surface area contributed by atoms with Gasteiger partial charge in [0.1, 0.15) is 0 Å². The molecule has 0 bridgehead atoms. The fourth-order valence-electron chi connectivity index (χ4n) is 1.09. The number of carbonyl (C=O) groups is 1. The molecule has 0 radical (unpaired) electrons. The van der Waals surface area contributed by atoms with E-state index in [9.17, 15) is 4.79 Å². The average Bonchev–Trinajstić information content (AvgIpc) is 2.24. The number of anilines is 1. The number of rotatable bonds is 1. The van der Waals surface area contributed by atoms with E-state index in [1.165, 1.54) is 13.2 Å². The van der Waals surface area contributed by atoms with Gasteiger partial charge in [-0.3, -0.25) is 0 Å². The van der Waals surface area contributed by atoms with Crippen molar-refractivity contribution in [2.45, 2.75) is 0 Å². The van der Waals surface area contributed by atoms with Crippen molar-refractivity contribution in [2.75, 3.05) is 18.7 Å². The van der Waals surface area contributed by atoms with Crippen LogP contribution in [0.4, 0.5) is 5.69 Å². The van der Waals surface area contributed by atoms with Crippen LogP contribution in [0.5, 0.6) is 0 Å². The van der Waals surface area contributed by atoms with Gasteiger partial charge in [0.2, 0.25) is 0 Å². The molecule has 0 aliphatic carbocycles. The predicted octanol–water partition coefficient (Wildman–Crippen LogP) is 1.65. The molecule has 4 heteroatoms. The number of hydrogen-bond donors (Lipinski definition) is 1. The second kappa shape index (κ2) is 5.28. The lowest BCUT2D eigenvalue weighted by atomic mass is 10.1. The number of methoxy groups -OCH3 is 1. The number of ether oxygens (including phenoxy) is 1. The molecule has 1 aromatic carbocycles. The number of alkyl halides is 1. The van der Waals surface area contributed by atoms with Crippen LogP contribution in [-0.4, -0.2) is 19.0 Å². The van der Waals surface area contributed by atoms with E-state index in [2.05, 4.69) is 16.6 Å². The highest BCUT2D eigenvalue weighted by molar-refractivity contribution is 6.19. The number of halogens is 1. The lowest BCUT2D eigenvalue weighted by molar-refractivity contribution is 0.0601. The maximum absolute atomic E-state index is 11.2. The van der Waals surface area contributed by atoms with E-state index in [4.69, 9.17) is 17.3 Å². The zero-order valence-corrected chi connectivity index (χ0v) is 8.97. The van der Waals surface area contributed by atoms with E-state index in [0.29, 0.717) is 16.8 Å². The lowest BCUT2D eigenvalue weighted by Crippen LogP contribution is -2.02. The van der Waals surface area contributed by atoms with Gasteiger partial charge in [-0.05, 0) is 18.2 Å². The Labute approximate surface area is 93.2 Å². The monoisotopic (exact) mass is 223 g/mol. The van der Waals surface area contributed by atoms with Crippen LogP contribution in [0, 0.1) is 11.8 Å². The predicted molar refractivity (Wildman–Crippen MR) is 59.8 cm³/mol. The zero-order chi connectivity index (χ0) is 11.3. The van der Waals surface area contributed by atoms with Gasteiger partial charge >= 0.3 is 5.97 Å². The molecule has 0 aromatic heterocycles. The molecule has 1 aromatic rings. The van der Waals surface area contributed by atoms with Crippen molar-refractivity contribution < 1.29 is 9.53 Å². The molecule has 3 nitrogen and oxygen atoms in total. The van der Waals surface area contributed by atoms with Crippen molar-refractivity contribution >= 4 is 23.3 Å². The summed E-state index contributed by atoms with van der Waals surface area (Å²) in [6, 6.07) is 4.82. The maximum atomic E-state index is 11.2. The summed E-state index contributed by atoms with van der Waals surface area (Å²) in [5.41, 5.74) is 7.12. The Morgan fingerprint density at radius 3 is 2.87 bits per heavy atom. The van der Waals surface area contributed by atoms with Gasteiger partial charge in [-0.25, -0.2) is 4.79 Å². The van der Waals surface area contributed by atoms with Gasteiger partial charge < -0.3 is 10.5 Å². The molecule has 15 heavy (non-hydrogen) atoms. The van der Waals surface area contributed by atoms with Crippen molar-refractivity contribution in [3.05, 3.63) is 29.3 Å². The Bertz CT molecular complexity index is 432. The van der Waals surface area contributed by atoms with Crippen LogP contribution in [-0.2, 0) is 4.74 Å². The van der Waals surface area contributed by atoms with E-state index >= 15 is 0 Å². The van der Waals surface area contributed by atoms with Gasteiger partial charge in [-0.15, -0.1) is 11.6 Å². The minimum absolute atomic E-state index is 0.238. The highest BCUT2D eigenvalue weighted by Crippen LogP contribution is 2.12. The molecule has 0 atom stereocenters. The number of hydrogen-bond acceptors (Lipinski definition) is 3. The van der Waals surface area contributed by atoms with Crippen molar-refractivity contribution in [3.8, 4) is 11.8 Å². The van der Waals surface area contributed by atoms with Crippen LogP contribution in [0.25, 0.3) is 0 Å². The number of nitrogens with two attached hydrogens (primary N) is 1. The quantitative estimate of drug-likeness (QED) is 0.341. The third kappa shape index (κ3) is 3.19. The molecular weight excluding hydrogens is 214 g/mol. The average molecular weight is 224 g/mol. The first-order valence-electron chi connectivity index (χ1n) is 4.21. The summed E-state index contributed by atoms with van der Waals surface area (Å²) in [6.45, 7) is 0. The van der Waals surface area contributed by atoms with Gasteiger partial charge in [-0.1, -0.05) is 11.8 Å². The minimum atomic E-state index is -0.434. The Kier molecular flexibility index (Phi) is 4.02. The molecular formula is C11H10ClNO2. The minimum Gasteiger partial charge on any atom is -0.465 e. The highest BCUT2D eigenvalue weighted by Gasteiger charge is 2.06. The first-order chi connectivity index (χ1) is 7.17. The molecule has 78 valence electrons.